The van der Waals surface area contributed by atoms with E-state index in [1.807, 2.05) is 36.4 Å². The quantitative estimate of drug-likeness (QED) is 0.209. The van der Waals surface area contributed by atoms with Crippen LogP contribution in [-0.2, 0) is 29.1 Å². The van der Waals surface area contributed by atoms with Crippen LogP contribution in [0.5, 0.6) is 11.5 Å². The number of fused-ring (bicyclic) bond motifs is 1. The van der Waals surface area contributed by atoms with Crippen LogP contribution in [0.3, 0.4) is 0 Å². The fraction of sp³-hybridized carbons (Fsp3) is 0.488. The van der Waals surface area contributed by atoms with Crippen molar-refractivity contribution in [1.29, 1.82) is 0 Å². The zero-order valence-corrected chi connectivity index (χ0v) is 34.3. The van der Waals surface area contributed by atoms with Crippen molar-refractivity contribution in [1.82, 2.24) is 25.2 Å². The maximum Gasteiger partial charge on any atom is 0.408 e. The number of nitrogens with zero attached hydrogens (tertiary/aromatic N) is 2. The van der Waals surface area contributed by atoms with Crippen LogP contribution in [0, 0.1) is 11.3 Å². The van der Waals surface area contributed by atoms with Gasteiger partial charge < -0.3 is 29.7 Å². The second-order valence-corrected chi connectivity index (χ2v) is 19.0. The van der Waals surface area contributed by atoms with Gasteiger partial charge in [-0.1, -0.05) is 57.2 Å². The molecule has 2 aliphatic rings. The number of benzene rings is 2. The molecule has 56 heavy (non-hydrogen) atoms. The molecule has 1 saturated carbocycles. The molecular weight excluding hydrogens is 739 g/mol. The molecule has 4 amide bonds. The predicted octanol–water partition coefficient (Wildman–Crippen LogP) is 5.11. The minimum absolute atomic E-state index is 0.00389. The normalized spacial score (nSPS) is 21.5. The number of pyridine rings is 1. The number of hydrogen-bond donors (Lipinski definition) is 3. The van der Waals surface area contributed by atoms with E-state index in [1.165, 1.54) is 24.8 Å². The van der Waals surface area contributed by atoms with Crippen molar-refractivity contribution in [2.45, 2.75) is 103 Å². The summed E-state index contributed by atoms with van der Waals surface area (Å²) in [6, 6.07) is 14.4. The first-order valence-electron chi connectivity index (χ1n) is 18.6. The number of carbonyl (C=O) groups excluding carboxylic acids is 4. The third-order valence-electron chi connectivity index (χ3n) is 9.87. The van der Waals surface area contributed by atoms with Gasteiger partial charge in [-0.15, -0.1) is 6.58 Å². The molecule has 14 nitrogen and oxygen atoms in total. The molecule has 0 radical (unpaired) electrons. The Bertz CT molecular complexity index is 2110. The Morgan fingerprint density at radius 3 is 2.27 bits per heavy atom. The maximum absolute atomic E-state index is 14.7. The molecule has 2 aromatic carbocycles. The topological polar surface area (TPSA) is 182 Å². The van der Waals surface area contributed by atoms with E-state index in [4.69, 9.17) is 19.2 Å². The molecule has 1 saturated heterocycles. The highest BCUT2D eigenvalue weighted by Gasteiger charge is 2.61. The van der Waals surface area contributed by atoms with E-state index in [0.717, 1.165) is 5.56 Å². The van der Waals surface area contributed by atoms with Crippen molar-refractivity contribution in [3.05, 3.63) is 67.3 Å². The smallest absolute Gasteiger partial charge is 0.408 e. The van der Waals surface area contributed by atoms with Crippen molar-refractivity contribution in [3.63, 3.8) is 0 Å². The van der Waals surface area contributed by atoms with Gasteiger partial charge in [-0.3, -0.25) is 19.1 Å². The predicted molar refractivity (Wildman–Crippen MR) is 212 cm³/mol. The number of ether oxygens (including phenoxy) is 3. The number of alkyl carbamates (subject to hydrolysis) is 1. The second-order valence-electron chi connectivity index (χ2n) is 16.7. The van der Waals surface area contributed by atoms with Gasteiger partial charge in [-0.2, -0.15) is 0 Å². The van der Waals surface area contributed by atoms with Crippen LogP contribution >= 0.6 is 0 Å². The number of amides is 4. The lowest BCUT2D eigenvalue weighted by Gasteiger charge is -2.36. The van der Waals surface area contributed by atoms with Crippen LogP contribution in [0.25, 0.3) is 22.2 Å². The first-order valence-corrected chi connectivity index (χ1v) is 20.1. The van der Waals surface area contributed by atoms with Crippen molar-refractivity contribution in [2.24, 2.45) is 11.3 Å². The Kier molecular flexibility index (Phi) is 11.8. The van der Waals surface area contributed by atoms with Gasteiger partial charge in [0.25, 0.3) is 5.91 Å². The Labute approximate surface area is 328 Å². The van der Waals surface area contributed by atoms with E-state index in [2.05, 4.69) is 21.9 Å². The number of methoxy groups -OCH3 is 1. The molecule has 3 aromatic rings. The Hall–Kier alpha value is -5.18. The minimum Gasteiger partial charge on any atom is -0.497 e. The zero-order valence-electron chi connectivity index (χ0n) is 33.5. The molecule has 2 fully saturated rings. The average molecular weight is 792 g/mol. The highest BCUT2D eigenvalue weighted by atomic mass is 32.2. The van der Waals surface area contributed by atoms with E-state index in [1.54, 1.807) is 66.9 Å². The summed E-state index contributed by atoms with van der Waals surface area (Å²) in [6.45, 7) is 17.0. The first-order chi connectivity index (χ1) is 26.1. The van der Waals surface area contributed by atoms with Crippen LogP contribution in [0.15, 0.2) is 67.3 Å². The highest BCUT2D eigenvalue weighted by Crippen LogP contribution is 2.45. The summed E-state index contributed by atoms with van der Waals surface area (Å²) >= 11 is 0. The maximum atomic E-state index is 14.7. The number of likely N-dealkylation sites (tertiary alicyclic amines) is 1. The standard InChI is InChI=1S/C41H53N5O9S/c1-11-26-22-41(26,37(49)45-56(51,52)24(2)3)44-35(47)32-20-28(23-46(32)36(48)34(39(4,5)6)43-38(50)55-40(7,8)9)54-33-21-31(25-15-13-12-14-16-25)42-30-18-17-27(53-10)19-29(30)33/h11-19,21,24,26,28,32,34H,1,20,22-23H2,2-10H3,(H,43,50)(H,44,47)(H,45,49)/t26?,28-,32?,34-,41?/m1/s1. The molecule has 0 bridgehead atoms. The Morgan fingerprint density at radius 2 is 1.70 bits per heavy atom. The first kappa shape index (κ1) is 42.0. The number of sulfonamides is 1. The van der Waals surface area contributed by atoms with Crippen LogP contribution in [0.4, 0.5) is 4.79 Å². The average Bonchev–Trinajstić information content (AvgIpc) is 3.67. The second kappa shape index (κ2) is 15.8. The summed E-state index contributed by atoms with van der Waals surface area (Å²) in [6.07, 6.45) is 0.0331. The van der Waals surface area contributed by atoms with Crippen LogP contribution in [-0.4, -0.2) is 90.3 Å². The van der Waals surface area contributed by atoms with Gasteiger partial charge >= 0.3 is 6.09 Å². The molecule has 5 atom stereocenters. The van der Waals surface area contributed by atoms with E-state index in [9.17, 15) is 27.6 Å². The Balaban J connectivity index is 1.53. The van der Waals surface area contributed by atoms with Crippen molar-refractivity contribution >= 4 is 44.7 Å². The lowest BCUT2D eigenvalue weighted by molar-refractivity contribution is -0.143. The van der Waals surface area contributed by atoms with Gasteiger partial charge in [0.05, 0.1) is 30.1 Å². The molecule has 15 heteroatoms. The molecule has 5 rings (SSSR count). The van der Waals surface area contributed by atoms with Gasteiger partial charge in [0, 0.05) is 29.4 Å². The summed E-state index contributed by atoms with van der Waals surface area (Å²) < 4.78 is 45.2. The van der Waals surface area contributed by atoms with Crippen LogP contribution in [0.2, 0.25) is 0 Å². The molecular formula is C41H53N5O9S. The minimum atomic E-state index is -4.03. The van der Waals surface area contributed by atoms with Crippen molar-refractivity contribution in [2.75, 3.05) is 13.7 Å². The molecule has 2 heterocycles. The van der Waals surface area contributed by atoms with E-state index in [-0.39, 0.29) is 19.4 Å². The molecule has 3 unspecified atom stereocenters. The summed E-state index contributed by atoms with van der Waals surface area (Å²) in [5, 5.41) is 5.25. The molecule has 1 aromatic heterocycles. The largest absolute Gasteiger partial charge is 0.497 e. The summed E-state index contributed by atoms with van der Waals surface area (Å²) in [4.78, 5) is 61.9. The van der Waals surface area contributed by atoms with Crippen LogP contribution < -0.4 is 24.8 Å². The molecule has 1 aliphatic carbocycles. The zero-order chi connectivity index (χ0) is 41.4. The van der Waals surface area contributed by atoms with Crippen LogP contribution in [0.1, 0.15) is 68.2 Å². The number of hydrogen-bond acceptors (Lipinski definition) is 10. The fourth-order valence-corrected chi connectivity index (χ4v) is 7.30. The third-order valence-corrected chi connectivity index (χ3v) is 11.6. The third kappa shape index (κ3) is 9.26. The molecule has 1 aliphatic heterocycles. The lowest BCUT2D eigenvalue weighted by atomic mass is 9.85. The van der Waals surface area contributed by atoms with Crippen molar-refractivity contribution in [3.8, 4) is 22.8 Å². The van der Waals surface area contributed by atoms with Gasteiger partial charge in [0.15, 0.2) is 0 Å². The summed E-state index contributed by atoms with van der Waals surface area (Å²) in [5.41, 5.74) is -1.17. The Morgan fingerprint density at radius 1 is 1.02 bits per heavy atom. The summed E-state index contributed by atoms with van der Waals surface area (Å²) in [5.74, 6) is -1.70. The molecule has 302 valence electrons. The monoisotopic (exact) mass is 791 g/mol. The van der Waals surface area contributed by atoms with Gasteiger partial charge in [0.1, 0.15) is 40.8 Å². The number of aromatic nitrogens is 1. The van der Waals surface area contributed by atoms with E-state index in [0.29, 0.717) is 28.1 Å². The van der Waals surface area contributed by atoms with Crippen molar-refractivity contribution < 1.29 is 41.8 Å². The number of rotatable bonds is 12. The lowest BCUT2D eigenvalue weighted by Crippen LogP contribution is -2.60. The molecule has 0 spiro atoms. The summed E-state index contributed by atoms with van der Waals surface area (Å²) in [7, 11) is -2.48. The van der Waals surface area contributed by atoms with E-state index >= 15 is 0 Å². The van der Waals surface area contributed by atoms with E-state index < -0.39 is 79.7 Å². The SMILES string of the molecule is C=CC1CC1(NC(=O)C1C[C@@H](Oc2cc(-c3ccccc3)nc3ccc(OC)cc23)CN1C(=O)[C@@H](NC(=O)OC(C)(C)C)C(C)(C)C)C(=O)NS(=O)(=O)C(C)C. The highest BCUT2D eigenvalue weighted by molar-refractivity contribution is 7.90. The fourth-order valence-electron chi connectivity index (χ4n) is 6.62. The number of carbonyl (C=O) groups is 4. The number of nitrogens with one attached hydrogen (secondary N) is 3. The van der Waals surface area contributed by atoms with Gasteiger partial charge in [-0.05, 0) is 64.7 Å². The molecule has 3 N–H and O–H groups in total. The van der Waals surface area contributed by atoms with Gasteiger partial charge in [-0.25, -0.2) is 18.2 Å². The van der Waals surface area contributed by atoms with Gasteiger partial charge in [0.2, 0.25) is 21.8 Å².